The molecule has 2 N–H and O–H groups in total. The van der Waals surface area contributed by atoms with Gasteiger partial charge in [-0.05, 0) is 18.9 Å². The Morgan fingerprint density at radius 1 is 1.50 bits per heavy atom. The van der Waals surface area contributed by atoms with Gasteiger partial charge in [0, 0.05) is 30.9 Å². The molecule has 0 unspecified atom stereocenters. The van der Waals surface area contributed by atoms with Crippen LogP contribution in [0.4, 0.5) is 5.82 Å². The molecule has 0 saturated heterocycles. The summed E-state index contributed by atoms with van der Waals surface area (Å²) in [5, 5.41) is 7.26. The fourth-order valence-corrected chi connectivity index (χ4v) is 1.85. The van der Waals surface area contributed by atoms with E-state index in [9.17, 15) is 4.79 Å². The molecule has 3 rings (SSSR count). The lowest BCUT2D eigenvalue weighted by Gasteiger charge is -2.06. The van der Waals surface area contributed by atoms with E-state index in [1.54, 1.807) is 6.20 Å². The number of H-pyrrole nitrogens is 1. The first-order chi connectivity index (χ1) is 8.81. The van der Waals surface area contributed by atoms with E-state index in [-0.39, 0.29) is 5.56 Å². The summed E-state index contributed by atoms with van der Waals surface area (Å²) < 4.78 is 1.84. The summed E-state index contributed by atoms with van der Waals surface area (Å²) in [5.41, 5.74) is -0.0894. The number of hydrogen-bond donors (Lipinski definition) is 2. The van der Waals surface area contributed by atoms with Crippen molar-refractivity contribution in [3.8, 4) is 0 Å². The molecule has 1 fully saturated rings. The lowest BCUT2D eigenvalue weighted by Crippen LogP contribution is -2.16. The summed E-state index contributed by atoms with van der Waals surface area (Å²) in [5.74, 6) is 1.91. The summed E-state index contributed by atoms with van der Waals surface area (Å²) in [6.07, 6.45) is 5.90. The average Bonchev–Trinajstić information content (AvgIpc) is 3.08. The van der Waals surface area contributed by atoms with Crippen LogP contribution in [-0.4, -0.2) is 26.3 Å². The van der Waals surface area contributed by atoms with Crippen molar-refractivity contribution in [2.45, 2.75) is 25.3 Å². The van der Waals surface area contributed by atoms with E-state index in [1.807, 2.05) is 16.9 Å². The Hall–Kier alpha value is -2.11. The van der Waals surface area contributed by atoms with Gasteiger partial charge >= 0.3 is 0 Å². The minimum absolute atomic E-state index is 0.0894. The third-order valence-electron chi connectivity index (χ3n) is 2.93. The molecule has 0 aromatic carbocycles. The number of anilines is 1. The summed E-state index contributed by atoms with van der Waals surface area (Å²) >= 11 is 0. The zero-order valence-corrected chi connectivity index (χ0v) is 9.97. The minimum Gasteiger partial charge on any atom is -0.368 e. The van der Waals surface area contributed by atoms with Gasteiger partial charge in [0.05, 0.1) is 6.54 Å². The SMILES string of the molecule is O=c1cc(NCCn2cccn2)nc(C2CC2)[nH]1. The van der Waals surface area contributed by atoms with Crippen molar-refractivity contribution in [1.82, 2.24) is 19.7 Å². The second-order valence-electron chi connectivity index (χ2n) is 4.49. The Labute approximate surface area is 104 Å². The molecular formula is C12H15N5O. The Kier molecular flexibility index (Phi) is 2.84. The van der Waals surface area contributed by atoms with Crippen molar-refractivity contribution in [3.05, 3.63) is 40.7 Å². The van der Waals surface area contributed by atoms with Crippen molar-refractivity contribution in [2.24, 2.45) is 0 Å². The van der Waals surface area contributed by atoms with E-state index in [0.29, 0.717) is 18.3 Å². The summed E-state index contributed by atoms with van der Waals surface area (Å²) in [7, 11) is 0. The fourth-order valence-electron chi connectivity index (χ4n) is 1.85. The Morgan fingerprint density at radius 2 is 2.39 bits per heavy atom. The van der Waals surface area contributed by atoms with Gasteiger partial charge < -0.3 is 10.3 Å². The molecule has 0 atom stereocenters. The average molecular weight is 245 g/mol. The molecule has 2 heterocycles. The van der Waals surface area contributed by atoms with Crippen LogP contribution in [0.3, 0.4) is 0 Å². The van der Waals surface area contributed by atoms with Crippen molar-refractivity contribution in [2.75, 3.05) is 11.9 Å². The second kappa shape index (κ2) is 4.64. The van der Waals surface area contributed by atoms with Gasteiger partial charge in [-0.15, -0.1) is 0 Å². The van der Waals surface area contributed by atoms with Crippen LogP contribution in [0.15, 0.2) is 29.3 Å². The predicted molar refractivity (Wildman–Crippen MR) is 67.5 cm³/mol. The molecule has 2 aromatic rings. The summed E-state index contributed by atoms with van der Waals surface area (Å²) in [6.45, 7) is 1.45. The quantitative estimate of drug-likeness (QED) is 0.822. The fraction of sp³-hybridized carbons (Fsp3) is 0.417. The smallest absolute Gasteiger partial charge is 0.252 e. The standard InChI is InChI=1S/C12H15N5O/c18-11-8-10(15-12(16-11)9-2-3-9)13-5-7-17-6-1-4-14-17/h1,4,6,8-9H,2-3,5,7H2,(H2,13,15,16,18). The monoisotopic (exact) mass is 245 g/mol. The molecule has 2 aromatic heterocycles. The topological polar surface area (TPSA) is 75.6 Å². The number of aromatic amines is 1. The minimum atomic E-state index is -0.0894. The van der Waals surface area contributed by atoms with E-state index in [4.69, 9.17) is 0 Å². The van der Waals surface area contributed by atoms with E-state index in [1.165, 1.54) is 6.07 Å². The second-order valence-corrected chi connectivity index (χ2v) is 4.49. The van der Waals surface area contributed by atoms with E-state index < -0.39 is 0 Å². The van der Waals surface area contributed by atoms with Gasteiger partial charge in [-0.3, -0.25) is 9.48 Å². The van der Waals surface area contributed by atoms with Crippen molar-refractivity contribution in [3.63, 3.8) is 0 Å². The highest BCUT2D eigenvalue weighted by atomic mass is 16.1. The third-order valence-corrected chi connectivity index (χ3v) is 2.93. The molecule has 6 heteroatoms. The lowest BCUT2D eigenvalue weighted by molar-refractivity contribution is 0.636. The molecule has 0 bridgehead atoms. The molecule has 0 amide bonds. The largest absolute Gasteiger partial charge is 0.368 e. The van der Waals surface area contributed by atoms with Gasteiger partial charge in [-0.2, -0.15) is 5.10 Å². The van der Waals surface area contributed by atoms with Crippen molar-refractivity contribution < 1.29 is 0 Å². The zero-order chi connectivity index (χ0) is 12.4. The molecule has 0 aliphatic heterocycles. The first-order valence-corrected chi connectivity index (χ1v) is 6.14. The predicted octanol–water partition coefficient (Wildman–Crippen LogP) is 0.956. The number of nitrogens with zero attached hydrogens (tertiary/aromatic N) is 3. The number of rotatable bonds is 5. The van der Waals surface area contributed by atoms with E-state index >= 15 is 0 Å². The van der Waals surface area contributed by atoms with E-state index in [2.05, 4.69) is 20.4 Å². The molecule has 1 aliphatic carbocycles. The van der Waals surface area contributed by atoms with Crippen LogP contribution in [0.25, 0.3) is 0 Å². The van der Waals surface area contributed by atoms with Crippen LogP contribution < -0.4 is 10.9 Å². The van der Waals surface area contributed by atoms with Crippen LogP contribution in [-0.2, 0) is 6.54 Å². The first kappa shape index (κ1) is 11.0. The molecule has 6 nitrogen and oxygen atoms in total. The van der Waals surface area contributed by atoms with Crippen LogP contribution >= 0.6 is 0 Å². The van der Waals surface area contributed by atoms with Crippen LogP contribution in [0, 0.1) is 0 Å². The van der Waals surface area contributed by atoms with Gasteiger partial charge in [-0.25, -0.2) is 4.98 Å². The van der Waals surface area contributed by atoms with Crippen LogP contribution in [0.5, 0.6) is 0 Å². The molecule has 0 radical (unpaired) electrons. The molecule has 18 heavy (non-hydrogen) atoms. The normalized spacial score (nSPS) is 14.7. The highest BCUT2D eigenvalue weighted by Crippen LogP contribution is 2.37. The maximum absolute atomic E-state index is 11.5. The number of nitrogens with one attached hydrogen (secondary N) is 2. The zero-order valence-electron chi connectivity index (χ0n) is 9.97. The van der Waals surface area contributed by atoms with Crippen LogP contribution in [0.1, 0.15) is 24.6 Å². The molecule has 1 saturated carbocycles. The Morgan fingerprint density at radius 3 is 3.11 bits per heavy atom. The number of hydrogen-bond acceptors (Lipinski definition) is 4. The highest BCUT2D eigenvalue weighted by Gasteiger charge is 2.26. The van der Waals surface area contributed by atoms with Crippen molar-refractivity contribution >= 4 is 5.82 Å². The maximum atomic E-state index is 11.5. The third kappa shape index (κ3) is 2.58. The van der Waals surface area contributed by atoms with Crippen LogP contribution in [0.2, 0.25) is 0 Å². The summed E-state index contributed by atoms with van der Waals surface area (Å²) in [4.78, 5) is 18.7. The maximum Gasteiger partial charge on any atom is 0.252 e. The Bertz CT molecular complexity index is 570. The van der Waals surface area contributed by atoms with Crippen molar-refractivity contribution in [1.29, 1.82) is 0 Å². The first-order valence-electron chi connectivity index (χ1n) is 6.14. The molecule has 0 spiro atoms. The molecule has 94 valence electrons. The van der Waals surface area contributed by atoms with Gasteiger partial charge in [-0.1, -0.05) is 0 Å². The highest BCUT2D eigenvalue weighted by molar-refractivity contribution is 5.33. The van der Waals surface area contributed by atoms with Gasteiger partial charge in [0.2, 0.25) is 0 Å². The van der Waals surface area contributed by atoms with Gasteiger partial charge in [0.25, 0.3) is 5.56 Å². The van der Waals surface area contributed by atoms with E-state index in [0.717, 1.165) is 25.2 Å². The lowest BCUT2D eigenvalue weighted by atomic mass is 10.4. The molecular weight excluding hydrogens is 230 g/mol. The van der Waals surface area contributed by atoms with Gasteiger partial charge in [0.15, 0.2) is 0 Å². The number of aromatic nitrogens is 4. The van der Waals surface area contributed by atoms with Gasteiger partial charge in [0.1, 0.15) is 11.6 Å². The summed E-state index contributed by atoms with van der Waals surface area (Å²) in [6, 6.07) is 3.38. The Balaban J connectivity index is 1.63. The molecule has 1 aliphatic rings.